The number of thiophene rings is 1. The highest BCUT2D eigenvalue weighted by molar-refractivity contribution is 7.09. The highest BCUT2D eigenvalue weighted by Gasteiger charge is 2.32. The number of likely N-dealkylation sites (tertiary alicyclic amines) is 1. The number of hydrogen-bond donors (Lipinski definition) is 1. The second-order valence-corrected chi connectivity index (χ2v) is 8.07. The van der Waals surface area contributed by atoms with Crippen molar-refractivity contribution in [2.75, 3.05) is 13.1 Å². The van der Waals surface area contributed by atoms with Gasteiger partial charge in [-0.05, 0) is 54.0 Å². The second kappa shape index (κ2) is 9.13. The number of carbonyl (C=O) groups is 2. The number of rotatable bonds is 6. The largest absolute Gasteiger partial charge is 0.351 e. The second-order valence-electron chi connectivity index (χ2n) is 7.04. The predicted molar refractivity (Wildman–Crippen MR) is 105 cm³/mol. The Morgan fingerprint density at radius 3 is 2.67 bits per heavy atom. The maximum atomic E-state index is 13.1. The van der Waals surface area contributed by atoms with E-state index in [0.29, 0.717) is 37.5 Å². The van der Waals surface area contributed by atoms with E-state index in [1.165, 1.54) is 24.3 Å². The van der Waals surface area contributed by atoms with Gasteiger partial charge in [-0.3, -0.25) is 9.59 Å². The molecule has 2 unspecified atom stereocenters. The van der Waals surface area contributed by atoms with Gasteiger partial charge in [-0.15, -0.1) is 11.3 Å². The molecule has 0 spiro atoms. The van der Waals surface area contributed by atoms with E-state index in [1.54, 1.807) is 11.3 Å². The van der Waals surface area contributed by atoms with Crippen molar-refractivity contribution >= 4 is 23.2 Å². The minimum Gasteiger partial charge on any atom is -0.351 e. The van der Waals surface area contributed by atoms with E-state index in [0.717, 1.165) is 17.7 Å². The molecule has 1 aliphatic heterocycles. The van der Waals surface area contributed by atoms with E-state index < -0.39 is 0 Å². The fourth-order valence-corrected chi connectivity index (χ4v) is 4.33. The molecule has 0 bridgehead atoms. The Labute approximate surface area is 163 Å². The Hall–Kier alpha value is -2.21. The number of hydrogen-bond acceptors (Lipinski definition) is 3. The Morgan fingerprint density at radius 1 is 1.22 bits per heavy atom. The van der Waals surface area contributed by atoms with Crippen LogP contribution in [0.25, 0.3) is 0 Å². The Bertz CT molecular complexity index is 761. The first-order chi connectivity index (χ1) is 13.1. The van der Waals surface area contributed by atoms with Crippen LogP contribution in [0.5, 0.6) is 0 Å². The van der Waals surface area contributed by atoms with Crippen LogP contribution in [-0.4, -0.2) is 29.8 Å². The van der Waals surface area contributed by atoms with Crippen molar-refractivity contribution in [3.63, 3.8) is 0 Å². The fourth-order valence-electron chi connectivity index (χ4n) is 3.68. The molecule has 2 heterocycles. The van der Waals surface area contributed by atoms with E-state index in [2.05, 4.69) is 12.2 Å². The van der Waals surface area contributed by atoms with E-state index in [-0.39, 0.29) is 23.5 Å². The monoisotopic (exact) mass is 388 g/mol. The lowest BCUT2D eigenvalue weighted by Gasteiger charge is -2.38. The molecule has 1 fully saturated rings. The zero-order valence-corrected chi connectivity index (χ0v) is 16.3. The van der Waals surface area contributed by atoms with Gasteiger partial charge in [-0.1, -0.05) is 19.4 Å². The zero-order chi connectivity index (χ0) is 19.2. The SMILES string of the molecule is CCC1CN(C(=O)c2ccc(F)cc2)CCC1CC(=O)NCc1cccs1. The van der Waals surface area contributed by atoms with Gasteiger partial charge in [-0.2, -0.15) is 0 Å². The summed E-state index contributed by atoms with van der Waals surface area (Å²) >= 11 is 1.64. The molecule has 0 aliphatic carbocycles. The molecular formula is C21H25FN2O2S. The molecular weight excluding hydrogens is 363 g/mol. The summed E-state index contributed by atoms with van der Waals surface area (Å²) in [6.45, 7) is 3.97. The zero-order valence-electron chi connectivity index (χ0n) is 15.5. The number of amides is 2. The number of nitrogens with zero attached hydrogens (tertiary/aromatic N) is 1. The molecule has 27 heavy (non-hydrogen) atoms. The first-order valence-electron chi connectivity index (χ1n) is 9.40. The molecule has 0 saturated carbocycles. The van der Waals surface area contributed by atoms with Crippen LogP contribution in [0.15, 0.2) is 41.8 Å². The number of benzene rings is 1. The van der Waals surface area contributed by atoms with Gasteiger partial charge in [0.25, 0.3) is 5.91 Å². The van der Waals surface area contributed by atoms with Crippen molar-refractivity contribution in [2.24, 2.45) is 11.8 Å². The summed E-state index contributed by atoms with van der Waals surface area (Å²) in [5.41, 5.74) is 0.512. The number of piperidine rings is 1. The third kappa shape index (κ3) is 5.16. The fraction of sp³-hybridized carbons (Fsp3) is 0.429. The van der Waals surface area contributed by atoms with Crippen LogP contribution in [0.3, 0.4) is 0 Å². The quantitative estimate of drug-likeness (QED) is 0.811. The Balaban J connectivity index is 1.53. The lowest BCUT2D eigenvalue weighted by atomic mass is 9.81. The first-order valence-corrected chi connectivity index (χ1v) is 10.3. The summed E-state index contributed by atoms with van der Waals surface area (Å²) in [5.74, 6) is 0.260. The smallest absolute Gasteiger partial charge is 0.253 e. The van der Waals surface area contributed by atoms with Crippen molar-refractivity contribution in [3.05, 3.63) is 58.0 Å². The van der Waals surface area contributed by atoms with E-state index >= 15 is 0 Å². The molecule has 2 atom stereocenters. The number of carbonyl (C=O) groups excluding carboxylic acids is 2. The summed E-state index contributed by atoms with van der Waals surface area (Å²) in [5, 5.41) is 5.00. The molecule has 1 aliphatic rings. The molecule has 1 N–H and O–H groups in total. The van der Waals surface area contributed by atoms with Gasteiger partial charge in [0.1, 0.15) is 5.82 Å². The minimum atomic E-state index is -0.342. The van der Waals surface area contributed by atoms with E-state index in [9.17, 15) is 14.0 Å². The highest BCUT2D eigenvalue weighted by Crippen LogP contribution is 2.30. The molecule has 0 radical (unpaired) electrons. The molecule has 4 nitrogen and oxygen atoms in total. The topological polar surface area (TPSA) is 49.4 Å². The lowest BCUT2D eigenvalue weighted by molar-refractivity contribution is -0.123. The first kappa shape index (κ1) is 19.5. The predicted octanol–water partition coefficient (Wildman–Crippen LogP) is 4.08. The summed E-state index contributed by atoms with van der Waals surface area (Å²) in [6, 6.07) is 9.68. The Kier molecular flexibility index (Phi) is 6.61. The van der Waals surface area contributed by atoms with Gasteiger partial charge < -0.3 is 10.2 Å². The van der Waals surface area contributed by atoms with Crippen LogP contribution >= 0.6 is 11.3 Å². The summed E-state index contributed by atoms with van der Waals surface area (Å²) < 4.78 is 13.1. The molecule has 2 amide bonds. The molecule has 3 rings (SSSR count). The highest BCUT2D eigenvalue weighted by atomic mass is 32.1. The third-order valence-electron chi connectivity index (χ3n) is 5.28. The standard InChI is InChI=1S/C21H25FN2O2S/c1-2-15-14-24(21(26)16-5-7-18(22)8-6-16)10-9-17(15)12-20(25)23-13-19-4-3-11-27-19/h3-8,11,15,17H,2,9-10,12-14H2,1H3,(H,23,25). The molecule has 1 saturated heterocycles. The van der Waals surface area contributed by atoms with Crippen LogP contribution in [0.1, 0.15) is 41.4 Å². The summed E-state index contributed by atoms with van der Waals surface area (Å²) in [6.07, 6.45) is 2.25. The van der Waals surface area contributed by atoms with Crippen LogP contribution < -0.4 is 5.32 Å². The van der Waals surface area contributed by atoms with Crippen LogP contribution in [0, 0.1) is 17.7 Å². The molecule has 6 heteroatoms. The van der Waals surface area contributed by atoms with Crippen LogP contribution in [0.2, 0.25) is 0 Å². The van der Waals surface area contributed by atoms with Gasteiger partial charge >= 0.3 is 0 Å². The maximum absolute atomic E-state index is 13.1. The average molecular weight is 389 g/mol. The summed E-state index contributed by atoms with van der Waals surface area (Å²) in [7, 11) is 0. The van der Waals surface area contributed by atoms with E-state index in [4.69, 9.17) is 0 Å². The van der Waals surface area contributed by atoms with Gasteiger partial charge in [0.05, 0.1) is 6.54 Å². The van der Waals surface area contributed by atoms with Gasteiger partial charge in [-0.25, -0.2) is 4.39 Å². The number of halogens is 1. The van der Waals surface area contributed by atoms with Gasteiger partial charge in [0, 0.05) is 30.0 Å². The van der Waals surface area contributed by atoms with Crippen molar-refractivity contribution in [1.29, 1.82) is 0 Å². The molecule has 1 aromatic carbocycles. The van der Waals surface area contributed by atoms with Crippen molar-refractivity contribution in [2.45, 2.75) is 32.7 Å². The summed E-state index contributed by atoms with van der Waals surface area (Å²) in [4.78, 5) is 28.0. The molecule has 2 aromatic rings. The minimum absolute atomic E-state index is 0.0611. The van der Waals surface area contributed by atoms with Gasteiger partial charge in [0.15, 0.2) is 0 Å². The van der Waals surface area contributed by atoms with Crippen molar-refractivity contribution in [3.8, 4) is 0 Å². The van der Waals surface area contributed by atoms with E-state index in [1.807, 2.05) is 22.4 Å². The van der Waals surface area contributed by atoms with Crippen LogP contribution in [0.4, 0.5) is 4.39 Å². The van der Waals surface area contributed by atoms with Crippen molar-refractivity contribution < 1.29 is 14.0 Å². The third-order valence-corrected chi connectivity index (χ3v) is 6.16. The number of nitrogens with one attached hydrogen (secondary N) is 1. The molecule has 1 aromatic heterocycles. The lowest BCUT2D eigenvalue weighted by Crippen LogP contribution is -2.44. The average Bonchev–Trinajstić information content (AvgIpc) is 3.20. The maximum Gasteiger partial charge on any atom is 0.253 e. The normalized spacial score (nSPS) is 19.7. The van der Waals surface area contributed by atoms with Crippen molar-refractivity contribution in [1.82, 2.24) is 10.2 Å². The Morgan fingerprint density at radius 2 is 2.00 bits per heavy atom. The van der Waals surface area contributed by atoms with Gasteiger partial charge in [0.2, 0.25) is 5.91 Å². The van der Waals surface area contributed by atoms with Crippen LogP contribution in [-0.2, 0) is 11.3 Å². The molecule has 144 valence electrons.